The van der Waals surface area contributed by atoms with Crippen molar-refractivity contribution in [1.29, 1.82) is 0 Å². The van der Waals surface area contributed by atoms with E-state index < -0.39 is 17.9 Å². The summed E-state index contributed by atoms with van der Waals surface area (Å²) in [6.45, 7) is 1.25. The molecule has 0 spiro atoms. The number of carbonyl (C=O) groups excluding carboxylic acids is 2. The zero-order valence-electron chi connectivity index (χ0n) is 11.3. The van der Waals surface area contributed by atoms with Gasteiger partial charge in [-0.25, -0.2) is 4.79 Å². The van der Waals surface area contributed by atoms with Crippen LogP contribution in [0.25, 0.3) is 0 Å². The van der Waals surface area contributed by atoms with Gasteiger partial charge in [0.25, 0.3) is 0 Å². The van der Waals surface area contributed by atoms with Crippen molar-refractivity contribution in [3.8, 4) is 0 Å². The Hall–Kier alpha value is -1.54. The number of carboxylic acids is 1. The molecule has 0 heterocycles. The van der Waals surface area contributed by atoms with Crippen LogP contribution in [0.3, 0.4) is 0 Å². The summed E-state index contributed by atoms with van der Waals surface area (Å²) in [5.74, 6) is -1.52. The number of amides is 2. The summed E-state index contributed by atoms with van der Waals surface area (Å²) in [5.41, 5.74) is 0.667. The molecule has 0 radical (unpaired) electrons. The SMILES string of the molecule is CC(=O)N[C@@H](CSCC(=O)Nc1ccc(Br)cc1)C(=O)O. The lowest BCUT2D eigenvalue weighted by Crippen LogP contribution is -2.41. The van der Waals surface area contributed by atoms with Gasteiger partial charge in [0.2, 0.25) is 11.8 Å². The van der Waals surface area contributed by atoms with E-state index in [9.17, 15) is 14.4 Å². The summed E-state index contributed by atoms with van der Waals surface area (Å²) in [6, 6.07) is 6.13. The van der Waals surface area contributed by atoms with Crippen molar-refractivity contribution >= 4 is 51.2 Å². The summed E-state index contributed by atoms with van der Waals surface area (Å²) >= 11 is 4.44. The number of hydrogen-bond donors (Lipinski definition) is 3. The highest BCUT2D eigenvalue weighted by Crippen LogP contribution is 2.14. The second-order valence-corrected chi connectivity index (χ2v) is 6.11. The maximum atomic E-state index is 11.7. The van der Waals surface area contributed by atoms with Gasteiger partial charge in [-0.1, -0.05) is 15.9 Å². The summed E-state index contributed by atoms with van der Waals surface area (Å²) in [5, 5.41) is 13.9. The molecule has 0 bridgehead atoms. The molecule has 3 N–H and O–H groups in total. The molecule has 0 aliphatic heterocycles. The molecule has 0 saturated carbocycles. The molecule has 1 rings (SSSR count). The molecule has 114 valence electrons. The minimum atomic E-state index is -1.12. The number of thioether (sulfide) groups is 1. The van der Waals surface area contributed by atoms with Crippen LogP contribution < -0.4 is 10.6 Å². The summed E-state index contributed by atoms with van der Waals surface area (Å²) < 4.78 is 0.912. The highest BCUT2D eigenvalue weighted by atomic mass is 79.9. The highest BCUT2D eigenvalue weighted by Gasteiger charge is 2.18. The smallest absolute Gasteiger partial charge is 0.327 e. The predicted molar refractivity (Wildman–Crippen MR) is 85.3 cm³/mol. The first-order chi connectivity index (χ1) is 9.88. The summed E-state index contributed by atoms with van der Waals surface area (Å²) in [7, 11) is 0. The topological polar surface area (TPSA) is 95.5 Å². The average Bonchev–Trinajstić information content (AvgIpc) is 2.39. The standard InChI is InChI=1S/C13H15BrN2O4S/c1-8(17)15-11(13(19)20)6-21-7-12(18)16-10-4-2-9(14)3-5-10/h2-5,11H,6-7H2,1H3,(H,15,17)(H,16,18)(H,19,20)/t11-/m0/s1. The molecule has 1 atom stereocenters. The molecule has 8 heteroatoms. The van der Waals surface area contributed by atoms with Crippen LogP contribution in [0.5, 0.6) is 0 Å². The van der Waals surface area contributed by atoms with E-state index in [1.54, 1.807) is 24.3 Å². The van der Waals surface area contributed by atoms with Gasteiger partial charge in [-0.3, -0.25) is 9.59 Å². The van der Waals surface area contributed by atoms with E-state index in [1.807, 2.05) is 0 Å². The number of benzene rings is 1. The number of aliphatic carboxylic acids is 1. The second kappa shape index (κ2) is 8.68. The summed E-state index contributed by atoms with van der Waals surface area (Å²) in [4.78, 5) is 33.5. The maximum absolute atomic E-state index is 11.7. The Morgan fingerprint density at radius 1 is 1.29 bits per heavy atom. The monoisotopic (exact) mass is 374 g/mol. The van der Waals surface area contributed by atoms with Crippen molar-refractivity contribution in [2.24, 2.45) is 0 Å². The van der Waals surface area contributed by atoms with E-state index in [-0.39, 0.29) is 17.4 Å². The van der Waals surface area contributed by atoms with Crippen LogP contribution in [0, 0.1) is 0 Å². The maximum Gasteiger partial charge on any atom is 0.327 e. The Labute approximate surface area is 134 Å². The lowest BCUT2D eigenvalue weighted by molar-refractivity contribution is -0.140. The van der Waals surface area contributed by atoms with Gasteiger partial charge in [0.05, 0.1) is 5.75 Å². The lowest BCUT2D eigenvalue weighted by atomic mass is 10.3. The number of rotatable bonds is 7. The van der Waals surface area contributed by atoms with Crippen LogP contribution >= 0.6 is 27.7 Å². The van der Waals surface area contributed by atoms with E-state index in [0.717, 1.165) is 16.2 Å². The molecule has 0 aromatic heterocycles. The third kappa shape index (κ3) is 7.14. The van der Waals surface area contributed by atoms with Gasteiger partial charge in [0.1, 0.15) is 6.04 Å². The van der Waals surface area contributed by atoms with E-state index in [0.29, 0.717) is 5.69 Å². The Balaban J connectivity index is 2.36. The number of carbonyl (C=O) groups is 3. The highest BCUT2D eigenvalue weighted by molar-refractivity contribution is 9.10. The fourth-order valence-electron chi connectivity index (χ4n) is 1.42. The first-order valence-electron chi connectivity index (χ1n) is 6.01. The van der Waals surface area contributed by atoms with Crippen LogP contribution in [0.2, 0.25) is 0 Å². The van der Waals surface area contributed by atoms with Crippen LogP contribution in [0.4, 0.5) is 5.69 Å². The number of nitrogens with one attached hydrogen (secondary N) is 2. The zero-order chi connectivity index (χ0) is 15.8. The van der Waals surface area contributed by atoms with Crippen molar-refractivity contribution in [3.05, 3.63) is 28.7 Å². The van der Waals surface area contributed by atoms with E-state index >= 15 is 0 Å². The minimum Gasteiger partial charge on any atom is -0.480 e. The van der Waals surface area contributed by atoms with Crippen LogP contribution in [0.1, 0.15) is 6.92 Å². The van der Waals surface area contributed by atoms with Gasteiger partial charge in [-0.05, 0) is 24.3 Å². The predicted octanol–water partition coefficient (Wildman–Crippen LogP) is 1.71. The van der Waals surface area contributed by atoms with Gasteiger partial charge in [0, 0.05) is 22.8 Å². The number of carboxylic acid groups (broad SMARTS) is 1. The van der Waals surface area contributed by atoms with Gasteiger partial charge in [0.15, 0.2) is 0 Å². The molecular weight excluding hydrogens is 360 g/mol. The fraction of sp³-hybridized carbons (Fsp3) is 0.308. The third-order valence-electron chi connectivity index (χ3n) is 2.32. The molecule has 21 heavy (non-hydrogen) atoms. The van der Waals surface area contributed by atoms with Crippen molar-refractivity contribution < 1.29 is 19.5 Å². The van der Waals surface area contributed by atoms with Crippen LogP contribution in [-0.4, -0.2) is 40.4 Å². The number of anilines is 1. The molecule has 0 unspecified atom stereocenters. The summed E-state index contributed by atoms with van der Waals surface area (Å²) in [6.07, 6.45) is 0. The molecule has 0 aliphatic rings. The van der Waals surface area contributed by atoms with Crippen molar-refractivity contribution in [1.82, 2.24) is 5.32 Å². The van der Waals surface area contributed by atoms with Crippen molar-refractivity contribution in [3.63, 3.8) is 0 Å². The average molecular weight is 375 g/mol. The quantitative estimate of drug-likeness (QED) is 0.675. The zero-order valence-corrected chi connectivity index (χ0v) is 13.7. The molecule has 1 aromatic rings. The van der Waals surface area contributed by atoms with Crippen LogP contribution in [-0.2, 0) is 14.4 Å². The Bertz CT molecular complexity index is 521. The second-order valence-electron chi connectivity index (χ2n) is 4.16. The first kappa shape index (κ1) is 17.5. The molecular formula is C13H15BrN2O4S. The molecule has 6 nitrogen and oxygen atoms in total. The van der Waals surface area contributed by atoms with Crippen molar-refractivity contribution in [2.75, 3.05) is 16.8 Å². The van der Waals surface area contributed by atoms with Gasteiger partial charge < -0.3 is 15.7 Å². The normalized spacial score (nSPS) is 11.5. The Kier molecular flexibility index (Phi) is 7.24. The van der Waals surface area contributed by atoms with Crippen molar-refractivity contribution in [2.45, 2.75) is 13.0 Å². The molecule has 0 saturated heterocycles. The van der Waals surface area contributed by atoms with Gasteiger partial charge >= 0.3 is 5.97 Å². The van der Waals surface area contributed by atoms with E-state index in [4.69, 9.17) is 5.11 Å². The molecule has 1 aromatic carbocycles. The van der Waals surface area contributed by atoms with E-state index in [1.165, 1.54) is 6.92 Å². The fourth-order valence-corrected chi connectivity index (χ4v) is 2.52. The van der Waals surface area contributed by atoms with Gasteiger partial charge in [-0.2, -0.15) is 0 Å². The molecule has 2 amide bonds. The third-order valence-corrected chi connectivity index (χ3v) is 3.89. The van der Waals surface area contributed by atoms with E-state index in [2.05, 4.69) is 26.6 Å². The largest absolute Gasteiger partial charge is 0.480 e. The molecule has 0 fully saturated rings. The van der Waals surface area contributed by atoms with Gasteiger partial charge in [-0.15, -0.1) is 11.8 Å². The van der Waals surface area contributed by atoms with Crippen LogP contribution in [0.15, 0.2) is 28.7 Å². The number of hydrogen-bond acceptors (Lipinski definition) is 4. The lowest BCUT2D eigenvalue weighted by Gasteiger charge is -2.12. The number of halogens is 1. The Morgan fingerprint density at radius 2 is 1.90 bits per heavy atom. The first-order valence-corrected chi connectivity index (χ1v) is 7.96. The Morgan fingerprint density at radius 3 is 2.43 bits per heavy atom. The molecule has 0 aliphatic carbocycles. The minimum absolute atomic E-state index is 0.111.